The van der Waals surface area contributed by atoms with Gasteiger partial charge in [-0.3, -0.25) is 4.90 Å². The summed E-state index contributed by atoms with van der Waals surface area (Å²) in [7, 11) is 0. The van der Waals surface area contributed by atoms with Crippen molar-refractivity contribution >= 4 is 0 Å². The number of hydrogen-bond donors (Lipinski definition) is 1. The fourth-order valence-corrected chi connectivity index (χ4v) is 2.77. The van der Waals surface area contributed by atoms with Crippen molar-refractivity contribution in [2.45, 2.75) is 18.6 Å². The number of nitrogens with zero attached hydrogens (tertiary/aromatic N) is 1. The monoisotopic (exact) mass is 266 g/mol. The molecule has 0 bridgehead atoms. The largest absolute Gasteiger partial charge is 0.488 e. The van der Waals surface area contributed by atoms with Crippen LogP contribution in [-0.2, 0) is 11.2 Å². The third-order valence-corrected chi connectivity index (χ3v) is 3.71. The van der Waals surface area contributed by atoms with Crippen molar-refractivity contribution < 1.29 is 13.9 Å². The number of fused-ring (bicyclic) bond motifs is 1. The van der Waals surface area contributed by atoms with E-state index in [2.05, 4.69) is 4.90 Å². The van der Waals surface area contributed by atoms with E-state index in [9.17, 15) is 4.39 Å². The smallest absolute Gasteiger partial charge is 0.123 e. The zero-order valence-corrected chi connectivity index (χ0v) is 10.8. The number of rotatable bonds is 3. The van der Waals surface area contributed by atoms with Crippen molar-refractivity contribution in [2.75, 3.05) is 32.8 Å². The Morgan fingerprint density at radius 3 is 3.11 bits per heavy atom. The molecule has 2 aliphatic heterocycles. The zero-order valence-electron chi connectivity index (χ0n) is 10.8. The summed E-state index contributed by atoms with van der Waals surface area (Å²) in [4.78, 5) is 2.31. The minimum absolute atomic E-state index is 0.105. The molecule has 1 fully saturated rings. The van der Waals surface area contributed by atoms with Crippen LogP contribution in [0, 0.1) is 5.82 Å². The molecule has 0 radical (unpaired) electrons. The Kier molecular flexibility index (Phi) is 3.68. The van der Waals surface area contributed by atoms with Gasteiger partial charge >= 0.3 is 0 Å². The molecule has 104 valence electrons. The second kappa shape index (κ2) is 5.45. The number of morpholine rings is 1. The van der Waals surface area contributed by atoms with Crippen molar-refractivity contribution in [3.8, 4) is 5.75 Å². The molecule has 3 rings (SSSR count). The fourth-order valence-electron chi connectivity index (χ4n) is 2.77. The molecule has 2 aliphatic rings. The average molecular weight is 266 g/mol. The van der Waals surface area contributed by atoms with Gasteiger partial charge in [0.15, 0.2) is 0 Å². The van der Waals surface area contributed by atoms with E-state index in [0.717, 1.165) is 44.0 Å². The van der Waals surface area contributed by atoms with E-state index in [1.807, 2.05) is 0 Å². The SMILES string of the molecule is NCC1CN(CC2Cc3cc(F)ccc3O2)CCO1. The van der Waals surface area contributed by atoms with Crippen LogP contribution in [0.2, 0.25) is 0 Å². The van der Waals surface area contributed by atoms with E-state index in [1.165, 1.54) is 6.07 Å². The zero-order chi connectivity index (χ0) is 13.2. The van der Waals surface area contributed by atoms with Crippen LogP contribution in [0.3, 0.4) is 0 Å². The summed E-state index contributed by atoms with van der Waals surface area (Å²) in [5.41, 5.74) is 6.60. The highest BCUT2D eigenvalue weighted by Crippen LogP contribution is 2.29. The third kappa shape index (κ3) is 2.88. The maximum absolute atomic E-state index is 13.1. The van der Waals surface area contributed by atoms with Gasteiger partial charge in [0.05, 0.1) is 12.7 Å². The third-order valence-electron chi connectivity index (χ3n) is 3.71. The molecular formula is C14H19FN2O2. The first-order valence-corrected chi connectivity index (χ1v) is 6.73. The molecule has 1 aromatic rings. The van der Waals surface area contributed by atoms with Crippen molar-refractivity contribution in [1.29, 1.82) is 0 Å². The lowest BCUT2D eigenvalue weighted by Gasteiger charge is -2.33. The first kappa shape index (κ1) is 12.8. The maximum atomic E-state index is 13.1. The Hall–Kier alpha value is -1.17. The van der Waals surface area contributed by atoms with Gasteiger partial charge in [0.25, 0.3) is 0 Å². The first-order valence-electron chi connectivity index (χ1n) is 6.73. The lowest BCUT2D eigenvalue weighted by Crippen LogP contribution is -2.48. The van der Waals surface area contributed by atoms with Crippen LogP contribution < -0.4 is 10.5 Å². The van der Waals surface area contributed by atoms with Crippen LogP contribution >= 0.6 is 0 Å². The Balaban J connectivity index is 1.58. The molecule has 0 aliphatic carbocycles. The molecule has 2 N–H and O–H groups in total. The minimum Gasteiger partial charge on any atom is -0.488 e. The molecule has 0 saturated carbocycles. The van der Waals surface area contributed by atoms with Gasteiger partial charge in [0.1, 0.15) is 17.7 Å². The van der Waals surface area contributed by atoms with Crippen molar-refractivity contribution in [3.05, 3.63) is 29.6 Å². The standard InChI is InChI=1S/C14H19FN2O2/c15-11-1-2-14-10(5-11)6-12(19-14)8-17-3-4-18-13(7-16)9-17/h1-2,5,12-13H,3-4,6-9,16H2. The van der Waals surface area contributed by atoms with Gasteiger partial charge in [-0.25, -0.2) is 4.39 Å². The highest BCUT2D eigenvalue weighted by atomic mass is 19.1. The van der Waals surface area contributed by atoms with Crippen molar-refractivity contribution in [3.63, 3.8) is 0 Å². The number of halogens is 1. The molecule has 1 saturated heterocycles. The molecule has 0 spiro atoms. The molecule has 2 atom stereocenters. The van der Waals surface area contributed by atoms with Crippen molar-refractivity contribution in [2.24, 2.45) is 5.73 Å². The lowest BCUT2D eigenvalue weighted by molar-refractivity contribution is -0.0319. The number of nitrogens with two attached hydrogens (primary N) is 1. The Labute approximate surface area is 112 Å². The molecule has 2 unspecified atom stereocenters. The summed E-state index contributed by atoms with van der Waals surface area (Å²) >= 11 is 0. The van der Waals surface area contributed by atoms with Gasteiger partial charge in [-0.15, -0.1) is 0 Å². The number of ether oxygens (including phenoxy) is 2. The van der Waals surface area contributed by atoms with E-state index < -0.39 is 0 Å². The number of benzene rings is 1. The Morgan fingerprint density at radius 1 is 1.37 bits per heavy atom. The minimum atomic E-state index is -0.197. The highest BCUT2D eigenvalue weighted by Gasteiger charge is 2.27. The maximum Gasteiger partial charge on any atom is 0.123 e. The summed E-state index contributed by atoms with van der Waals surface area (Å²) < 4.78 is 24.5. The predicted molar refractivity (Wildman–Crippen MR) is 69.8 cm³/mol. The molecule has 1 aromatic carbocycles. The summed E-state index contributed by atoms with van der Waals surface area (Å²) in [6, 6.07) is 4.73. The Bertz CT molecular complexity index is 455. The van der Waals surface area contributed by atoms with E-state index in [1.54, 1.807) is 12.1 Å². The molecule has 19 heavy (non-hydrogen) atoms. The number of hydrogen-bond acceptors (Lipinski definition) is 4. The Morgan fingerprint density at radius 2 is 2.26 bits per heavy atom. The van der Waals surface area contributed by atoms with Crippen LogP contribution in [-0.4, -0.2) is 49.9 Å². The summed E-state index contributed by atoms with van der Waals surface area (Å²) in [6.45, 7) is 3.86. The predicted octanol–water partition coefficient (Wildman–Crippen LogP) is 0.789. The second-order valence-corrected chi connectivity index (χ2v) is 5.18. The first-order chi connectivity index (χ1) is 9.24. The molecule has 2 heterocycles. The quantitative estimate of drug-likeness (QED) is 0.878. The molecule has 5 heteroatoms. The normalized spacial score (nSPS) is 27.1. The average Bonchev–Trinajstić information content (AvgIpc) is 2.80. The topological polar surface area (TPSA) is 47.7 Å². The van der Waals surface area contributed by atoms with E-state index in [-0.39, 0.29) is 18.0 Å². The van der Waals surface area contributed by atoms with E-state index in [4.69, 9.17) is 15.2 Å². The lowest BCUT2D eigenvalue weighted by atomic mass is 10.1. The van der Waals surface area contributed by atoms with E-state index >= 15 is 0 Å². The second-order valence-electron chi connectivity index (χ2n) is 5.18. The van der Waals surface area contributed by atoms with Crippen LogP contribution in [0.4, 0.5) is 4.39 Å². The van der Waals surface area contributed by atoms with Gasteiger partial charge in [-0.2, -0.15) is 0 Å². The van der Waals surface area contributed by atoms with Crippen LogP contribution in [0.15, 0.2) is 18.2 Å². The van der Waals surface area contributed by atoms with Crippen LogP contribution in [0.25, 0.3) is 0 Å². The highest BCUT2D eigenvalue weighted by molar-refractivity contribution is 5.37. The molecule has 4 nitrogen and oxygen atoms in total. The molecule has 0 aromatic heterocycles. The van der Waals surface area contributed by atoms with Crippen molar-refractivity contribution in [1.82, 2.24) is 4.90 Å². The van der Waals surface area contributed by atoms with Gasteiger partial charge in [0.2, 0.25) is 0 Å². The molecular weight excluding hydrogens is 247 g/mol. The van der Waals surface area contributed by atoms with Gasteiger partial charge in [0, 0.05) is 38.2 Å². The molecule has 0 amide bonds. The summed E-state index contributed by atoms with van der Waals surface area (Å²) in [6.07, 6.45) is 1.00. The van der Waals surface area contributed by atoms with Crippen LogP contribution in [0.5, 0.6) is 5.75 Å². The van der Waals surface area contributed by atoms with Crippen LogP contribution in [0.1, 0.15) is 5.56 Å². The van der Waals surface area contributed by atoms with Gasteiger partial charge in [-0.1, -0.05) is 0 Å². The fraction of sp³-hybridized carbons (Fsp3) is 0.571. The van der Waals surface area contributed by atoms with E-state index in [0.29, 0.717) is 6.54 Å². The van der Waals surface area contributed by atoms with Gasteiger partial charge < -0.3 is 15.2 Å². The summed E-state index contributed by atoms with van der Waals surface area (Å²) in [5, 5.41) is 0. The summed E-state index contributed by atoms with van der Waals surface area (Å²) in [5.74, 6) is 0.618. The van der Waals surface area contributed by atoms with Gasteiger partial charge in [-0.05, 0) is 18.2 Å².